The summed E-state index contributed by atoms with van der Waals surface area (Å²) in [5.41, 5.74) is 10.0. The van der Waals surface area contributed by atoms with Crippen LogP contribution in [0.2, 0.25) is 0 Å². The maximum absolute atomic E-state index is 13.8. The lowest BCUT2D eigenvalue weighted by atomic mass is 10.1. The van der Waals surface area contributed by atoms with Crippen LogP contribution in [0.1, 0.15) is 22.3 Å². The summed E-state index contributed by atoms with van der Waals surface area (Å²) in [5.74, 6) is -0.145. The van der Waals surface area contributed by atoms with E-state index in [1.54, 1.807) is 6.07 Å². The molecule has 1 aliphatic rings. The van der Waals surface area contributed by atoms with Crippen LogP contribution in [0.5, 0.6) is 0 Å². The van der Waals surface area contributed by atoms with Crippen molar-refractivity contribution >= 4 is 0 Å². The van der Waals surface area contributed by atoms with Gasteiger partial charge in [0.15, 0.2) is 0 Å². The van der Waals surface area contributed by atoms with Crippen LogP contribution < -0.4 is 5.73 Å². The fourth-order valence-corrected chi connectivity index (χ4v) is 2.63. The van der Waals surface area contributed by atoms with Gasteiger partial charge in [0, 0.05) is 31.7 Å². The molecule has 0 aliphatic carbocycles. The van der Waals surface area contributed by atoms with Crippen molar-refractivity contribution in [1.82, 2.24) is 4.90 Å². The van der Waals surface area contributed by atoms with E-state index < -0.39 is 0 Å². The van der Waals surface area contributed by atoms with E-state index in [4.69, 9.17) is 5.73 Å². The Morgan fingerprint density at radius 2 is 1.74 bits per heavy atom. The minimum Gasteiger partial charge on any atom is -0.326 e. The third-order valence-corrected chi connectivity index (χ3v) is 3.65. The fourth-order valence-electron chi connectivity index (χ4n) is 2.63. The van der Waals surface area contributed by atoms with Crippen molar-refractivity contribution < 1.29 is 4.39 Å². The second-order valence-electron chi connectivity index (χ2n) is 5.04. The summed E-state index contributed by atoms with van der Waals surface area (Å²) in [7, 11) is 0. The number of rotatable bonds is 3. The van der Waals surface area contributed by atoms with Crippen LogP contribution in [0.4, 0.5) is 4.39 Å². The van der Waals surface area contributed by atoms with Crippen molar-refractivity contribution in [2.24, 2.45) is 5.73 Å². The van der Waals surface area contributed by atoms with Gasteiger partial charge in [-0.1, -0.05) is 36.4 Å². The van der Waals surface area contributed by atoms with Crippen LogP contribution in [-0.4, -0.2) is 4.90 Å². The first-order valence-corrected chi connectivity index (χ1v) is 6.53. The first-order chi connectivity index (χ1) is 9.26. The number of nitrogens with zero attached hydrogens (tertiary/aromatic N) is 1. The molecule has 3 heteroatoms. The molecule has 2 aromatic rings. The molecule has 2 N–H and O–H groups in total. The molecule has 0 saturated carbocycles. The van der Waals surface area contributed by atoms with Gasteiger partial charge in [0.1, 0.15) is 5.82 Å². The maximum Gasteiger partial charge on any atom is 0.127 e. The molecule has 0 spiro atoms. The Bertz CT molecular complexity index is 570. The van der Waals surface area contributed by atoms with Gasteiger partial charge in [0.2, 0.25) is 0 Å². The average Bonchev–Trinajstić information content (AvgIpc) is 2.83. The molecule has 0 aromatic heterocycles. The van der Waals surface area contributed by atoms with Gasteiger partial charge in [-0.2, -0.15) is 0 Å². The Kier molecular flexibility index (Phi) is 3.32. The summed E-state index contributed by atoms with van der Waals surface area (Å²) in [5, 5.41) is 0. The second kappa shape index (κ2) is 5.11. The van der Waals surface area contributed by atoms with Gasteiger partial charge in [-0.05, 0) is 22.8 Å². The lowest BCUT2D eigenvalue weighted by Gasteiger charge is -2.16. The number of hydrogen-bond donors (Lipinski definition) is 1. The number of hydrogen-bond acceptors (Lipinski definition) is 2. The van der Waals surface area contributed by atoms with E-state index in [2.05, 4.69) is 29.2 Å². The average molecular weight is 256 g/mol. The van der Waals surface area contributed by atoms with E-state index in [1.807, 2.05) is 6.07 Å². The van der Waals surface area contributed by atoms with E-state index in [1.165, 1.54) is 17.2 Å². The normalized spacial score (nSPS) is 14.6. The molecule has 0 fully saturated rings. The van der Waals surface area contributed by atoms with Gasteiger partial charge in [0.25, 0.3) is 0 Å². The molecule has 3 rings (SSSR count). The Balaban J connectivity index is 1.77. The molecule has 0 saturated heterocycles. The molecule has 0 unspecified atom stereocenters. The fraction of sp³-hybridized carbons (Fsp3) is 0.250. The molecule has 2 nitrogen and oxygen atoms in total. The monoisotopic (exact) mass is 256 g/mol. The topological polar surface area (TPSA) is 29.3 Å². The highest BCUT2D eigenvalue weighted by molar-refractivity contribution is 5.31. The molecule has 0 radical (unpaired) electrons. The zero-order chi connectivity index (χ0) is 13.2. The quantitative estimate of drug-likeness (QED) is 0.915. The molecule has 0 bridgehead atoms. The first kappa shape index (κ1) is 12.3. The van der Waals surface area contributed by atoms with E-state index in [0.29, 0.717) is 13.1 Å². The van der Waals surface area contributed by atoms with Gasteiger partial charge in [-0.15, -0.1) is 0 Å². The SMILES string of the molecule is NCc1ccc(F)c(CN2Cc3ccccc3C2)c1. The zero-order valence-electron chi connectivity index (χ0n) is 10.8. The molecular formula is C16H17FN2. The van der Waals surface area contributed by atoms with E-state index in [9.17, 15) is 4.39 Å². The molecule has 98 valence electrons. The molecular weight excluding hydrogens is 239 g/mol. The maximum atomic E-state index is 13.8. The summed E-state index contributed by atoms with van der Waals surface area (Å²) in [6.07, 6.45) is 0. The number of fused-ring (bicyclic) bond motifs is 1. The zero-order valence-corrected chi connectivity index (χ0v) is 10.8. The van der Waals surface area contributed by atoms with Gasteiger partial charge < -0.3 is 5.73 Å². The van der Waals surface area contributed by atoms with Crippen molar-refractivity contribution in [2.75, 3.05) is 0 Å². The number of halogens is 1. The molecule has 19 heavy (non-hydrogen) atoms. The number of benzene rings is 2. The van der Waals surface area contributed by atoms with E-state index in [-0.39, 0.29) is 5.82 Å². The summed E-state index contributed by atoms with van der Waals surface area (Å²) in [6, 6.07) is 13.5. The Morgan fingerprint density at radius 1 is 1.05 bits per heavy atom. The predicted molar refractivity (Wildman–Crippen MR) is 73.7 cm³/mol. The summed E-state index contributed by atoms with van der Waals surface area (Å²) < 4.78 is 13.8. The minimum atomic E-state index is -0.145. The Hall–Kier alpha value is -1.71. The van der Waals surface area contributed by atoms with Crippen molar-refractivity contribution in [3.8, 4) is 0 Å². The van der Waals surface area contributed by atoms with Crippen LogP contribution in [0.25, 0.3) is 0 Å². The minimum absolute atomic E-state index is 0.145. The second-order valence-corrected chi connectivity index (χ2v) is 5.04. The molecule has 1 aliphatic heterocycles. The van der Waals surface area contributed by atoms with E-state index in [0.717, 1.165) is 24.2 Å². The Labute approximate surface area is 112 Å². The summed E-state index contributed by atoms with van der Waals surface area (Å²) in [6.45, 7) is 2.87. The van der Waals surface area contributed by atoms with Crippen LogP contribution in [0.3, 0.4) is 0 Å². The first-order valence-electron chi connectivity index (χ1n) is 6.53. The standard InChI is InChI=1S/C16H17FN2/c17-16-6-5-12(8-18)7-15(16)11-19-9-13-3-1-2-4-14(13)10-19/h1-7H,8-11,18H2. The van der Waals surface area contributed by atoms with Gasteiger partial charge in [-0.25, -0.2) is 4.39 Å². The van der Waals surface area contributed by atoms with Crippen LogP contribution in [0, 0.1) is 5.82 Å². The van der Waals surface area contributed by atoms with E-state index >= 15 is 0 Å². The molecule has 1 heterocycles. The van der Waals surface area contributed by atoms with Crippen molar-refractivity contribution in [3.05, 3.63) is 70.5 Å². The van der Waals surface area contributed by atoms with Crippen molar-refractivity contribution in [1.29, 1.82) is 0 Å². The van der Waals surface area contributed by atoms with Gasteiger partial charge in [-0.3, -0.25) is 4.90 Å². The summed E-state index contributed by atoms with van der Waals surface area (Å²) >= 11 is 0. The lowest BCUT2D eigenvalue weighted by Crippen LogP contribution is -2.17. The lowest BCUT2D eigenvalue weighted by molar-refractivity contribution is 0.271. The van der Waals surface area contributed by atoms with Gasteiger partial charge in [0.05, 0.1) is 0 Å². The third kappa shape index (κ3) is 2.53. The summed E-state index contributed by atoms with van der Waals surface area (Å²) in [4.78, 5) is 2.25. The van der Waals surface area contributed by atoms with Gasteiger partial charge >= 0.3 is 0 Å². The highest BCUT2D eigenvalue weighted by Crippen LogP contribution is 2.24. The predicted octanol–water partition coefficient (Wildman–Crippen LogP) is 2.80. The number of nitrogens with two attached hydrogens (primary N) is 1. The highest BCUT2D eigenvalue weighted by atomic mass is 19.1. The smallest absolute Gasteiger partial charge is 0.127 e. The Morgan fingerprint density at radius 3 is 2.37 bits per heavy atom. The highest BCUT2D eigenvalue weighted by Gasteiger charge is 2.19. The molecule has 0 amide bonds. The van der Waals surface area contributed by atoms with Crippen molar-refractivity contribution in [2.45, 2.75) is 26.2 Å². The molecule has 0 atom stereocenters. The van der Waals surface area contributed by atoms with Crippen LogP contribution >= 0.6 is 0 Å². The van der Waals surface area contributed by atoms with Crippen LogP contribution in [0.15, 0.2) is 42.5 Å². The molecule has 2 aromatic carbocycles. The van der Waals surface area contributed by atoms with Crippen molar-refractivity contribution in [3.63, 3.8) is 0 Å². The third-order valence-electron chi connectivity index (χ3n) is 3.65. The largest absolute Gasteiger partial charge is 0.326 e. The van der Waals surface area contributed by atoms with Crippen LogP contribution in [-0.2, 0) is 26.2 Å².